The number of carboxylic acid groups (broad SMARTS) is 1. The predicted octanol–water partition coefficient (Wildman–Crippen LogP) is 6.72. The number of aliphatic carboxylic acids is 1. The number of ether oxygens (including phenoxy) is 9. The van der Waals surface area contributed by atoms with Gasteiger partial charge in [-0.25, -0.2) is 0 Å². The Kier molecular flexibility index (Phi) is 27.6. The minimum Gasteiger partial charge on any atom is -0.481 e. The van der Waals surface area contributed by atoms with Crippen LogP contribution in [0.1, 0.15) is 70.4 Å². The summed E-state index contributed by atoms with van der Waals surface area (Å²) in [5, 5.41) is 12.7. The molecule has 6 N–H and O–H groups in total. The van der Waals surface area contributed by atoms with Crippen molar-refractivity contribution in [1.29, 1.82) is 0 Å². The Bertz CT molecular complexity index is 3390. The van der Waals surface area contributed by atoms with Gasteiger partial charge in [0.1, 0.15) is 9.79 Å². The molecule has 0 fully saturated rings. The van der Waals surface area contributed by atoms with Crippen LogP contribution in [0.2, 0.25) is 0 Å². The average Bonchev–Trinajstić information content (AvgIpc) is 1.74. The number of methoxy groups -OCH3 is 2. The maximum absolute atomic E-state index is 13.2. The number of nitrogens with zero attached hydrogens (tertiary/aromatic N) is 1. The van der Waals surface area contributed by atoms with Crippen molar-refractivity contribution in [2.24, 2.45) is 0 Å². The molecule has 1 heterocycles. The standard InChI is InChI=1S/C56H80N2O23S4/c1-55(2)51(58(20-10-6-7-12-52(59)60)48-16-15-44-46(54(48)55)38-42(83(64,65)66)39-49(44)84(67,68)69)11-8-9-17-56(3,18-21-75-27-29-79-33-31-77-25-23-73-4)53-45-37-41(82(61,62)63)13-14-43(45)50(85(70,71)72)40-47(53)57-19-22-76-28-30-80-35-36-81-34-32-78-26-24-74-5/h8-9,11,13-16,37-40,57H,6-7,10,12,17-36H2,1-5H3,(H,59,60)(H,61,62,63)(H,64,65,66)(H,67,68,69)(H,70,71,72)/b9-8+,51-11+. The molecule has 0 aliphatic carbocycles. The molecule has 1 atom stereocenters. The second-order valence-corrected chi connectivity index (χ2v) is 26.2. The molecule has 1 aliphatic rings. The van der Waals surface area contributed by atoms with E-state index >= 15 is 0 Å². The third-order valence-corrected chi connectivity index (χ3v) is 17.5. The van der Waals surface area contributed by atoms with Gasteiger partial charge in [0.25, 0.3) is 40.5 Å². The molecule has 0 radical (unpaired) electrons. The van der Waals surface area contributed by atoms with Crippen molar-refractivity contribution in [3.05, 3.63) is 83.6 Å². The van der Waals surface area contributed by atoms with E-state index in [0.717, 1.165) is 18.2 Å². The Morgan fingerprint density at radius 2 is 1.06 bits per heavy atom. The fourth-order valence-electron chi connectivity index (χ4n) is 9.96. The number of carboxylic acids is 1. The van der Waals surface area contributed by atoms with Crippen LogP contribution in [-0.4, -0.2) is 196 Å². The van der Waals surface area contributed by atoms with Gasteiger partial charge in [0, 0.05) is 79.0 Å². The van der Waals surface area contributed by atoms with Crippen LogP contribution in [0, 0.1) is 0 Å². The van der Waals surface area contributed by atoms with Crippen LogP contribution in [-0.2, 0) is 98.7 Å². The second kappa shape index (κ2) is 33.0. The van der Waals surface area contributed by atoms with Crippen LogP contribution in [0.25, 0.3) is 21.5 Å². The van der Waals surface area contributed by atoms with E-state index in [1.54, 1.807) is 32.4 Å². The number of unbranched alkanes of at least 4 members (excludes halogenated alkanes) is 2. The maximum atomic E-state index is 13.2. The van der Waals surface area contributed by atoms with E-state index < -0.39 is 76.9 Å². The molecule has 476 valence electrons. The number of allylic oxidation sites excluding steroid dienone is 4. The van der Waals surface area contributed by atoms with Crippen molar-refractivity contribution in [3.63, 3.8) is 0 Å². The fraction of sp³-hybridized carbons (Fsp3) is 0.554. The lowest BCUT2D eigenvalue weighted by Crippen LogP contribution is -2.27. The summed E-state index contributed by atoms with van der Waals surface area (Å²) in [6.45, 7) is 10.6. The van der Waals surface area contributed by atoms with Crippen LogP contribution >= 0.6 is 0 Å². The van der Waals surface area contributed by atoms with Gasteiger partial charge >= 0.3 is 5.97 Å². The van der Waals surface area contributed by atoms with E-state index in [1.165, 1.54) is 18.2 Å². The van der Waals surface area contributed by atoms with Crippen molar-refractivity contribution in [2.45, 2.75) is 89.7 Å². The van der Waals surface area contributed by atoms with Crippen molar-refractivity contribution in [1.82, 2.24) is 0 Å². The van der Waals surface area contributed by atoms with Gasteiger partial charge < -0.3 is 58.0 Å². The van der Waals surface area contributed by atoms with E-state index in [1.807, 2.05) is 31.7 Å². The highest BCUT2D eigenvalue weighted by molar-refractivity contribution is 7.87. The van der Waals surface area contributed by atoms with Crippen LogP contribution in [0.5, 0.6) is 0 Å². The van der Waals surface area contributed by atoms with Gasteiger partial charge in [-0.3, -0.25) is 23.0 Å². The minimum absolute atomic E-state index is 0.0144. The predicted molar refractivity (Wildman–Crippen MR) is 315 cm³/mol. The molecule has 0 spiro atoms. The Labute approximate surface area is 497 Å². The number of carbonyl (C=O) groups is 1. The molecule has 4 aromatic rings. The van der Waals surface area contributed by atoms with Gasteiger partial charge in [-0.1, -0.05) is 51.5 Å². The summed E-state index contributed by atoms with van der Waals surface area (Å²) in [6.07, 6.45) is 7.00. The molecule has 1 aliphatic heterocycles. The van der Waals surface area contributed by atoms with Crippen molar-refractivity contribution in [3.8, 4) is 0 Å². The van der Waals surface area contributed by atoms with E-state index in [9.17, 15) is 61.8 Å². The number of hydrogen-bond donors (Lipinski definition) is 6. The summed E-state index contributed by atoms with van der Waals surface area (Å²) in [4.78, 5) is 10.7. The smallest absolute Gasteiger partial charge is 0.303 e. The lowest BCUT2D eigenvalue weighted by atomic mass is 9.74. The zero-order chi connectivity index (χ0) is 62.5. The quantitative estimate of drug-likeness (QED) is 0.0198. The third-order valence-electron chi connectivity index (χ3n) is 14.0. The molecular formula is C56H80N2O23S4. The first-order chi connectivity index (χ1) is 40.2. The molecule has 85 heavy (non-hydrogen) atoms. The molecule has 4 aromatic carbocycles. The number of rotatable bonds is 42. The third kappa shape index (κ3) is 20.9. The van der Waals surface area contributed by atoms with Crippen LogP contribution in [0.4, 0.5) is 11.4 Å². The Morgan fingerprint density at radius 1 is 0.576 bits per heavy atom. The van der Waals surface area contributed by atoms with Gasteiger partial charge in [-0.2, -0.15) is 33.7 Å². The number of hydrogen-bond acceptors (Lipinski definition) is 20. The van der Waals surface area contributed by atoms with Crippen LogP contribution < -0.4 is 10.2 Å². The Morgan fingerprint density at radius 3 is 1.58 bits per heavy atom. The topological polar surface area (TPSA) is 353 Å². The van der Waals surface area contributed by atoms with E-state index in [-0.39, 0.29) is 99.3 Å². The molecule has 25 nitrogen and oxygen atoms in total. The lowest BCUT2D eigenvalue weighted by molar-refractivity contribution is -0.137. The largest absolute Gasteiger partial charge is 0.481 e. The Balaban J connectivity index is 1.56. The second-order valence-electron chi connectivity index (χ2n) is 20.6. The van der Waals surface area contributed by atoms with E-state index in [0.29, 0.717) is 114 Å². The van der Waals surface area contributed by atoms with Crippen LogP contribution in [0.15, 0.2) is 92.0 Å². The van der Waals surface area contributed by atoms with Gasteiger partial charge in [0.05, 0.1) is 109 Å². The highest BCUT2D eigenvalue weighted by Crippen LogP contribution is 2.52. The number of anilines is 2. The zero-order valence-electron chi connectivity index (χ0n) is 48.5. The molecule has 29 heteroatoms. The molecular weight excluding hydrogens is 1200 g/mol. The lowest BCUT2D eigenvalue weighted by Gasteiger charge is -2.34. The zero-order valence-corrected chi connectivity index (χ0v) is 51.8. The summed E-state index contributed by atoms with van der Waals surface area (Å²) >= 11 is 0. The average molecular weight is 1280 g/mol. The number of nitrogens with one attached hydrogen (secondary N) is 1. The minimum atomic E-state index is -5.04. The van der Waals surface area contributed by atoms with Crippen molar-refractivity contribution < 1.29 is 104 Å². The first-order valence-electron chi connectivity index (χ1n) is 27.4. The maximum Gasteiger partial charge on any atom is 0.303 e. The van der Waals surface area contributed by atoms with Gasteiger partial charge in [0.2, 0.25) is 0 Å². The Hall–Kier alpha value is -4.77. The molecule has 5 rings (SSSR count). The summed E-state index contributed by atoms with van der Waals surface area (Å²) < 4.78 is 194. The van der Waals surface area contributed by atoms with Gasteiger partial charge in [-0.05, 0) is 90.1 Å². The van der Waals surface area contributed by atoms with Gasteiger partial charge in [-0.15, -0.1) is 0 Å². The highest BCUT2D eigenvalue weighted by atomic mass is 32.2. The SMILES string of the molecule is COCCOCCOCCOCCOCCNc1cc(S(=O)(=O)O)c2ccc(S(=O)(=O)O)cc2c1C(C)(C/C=C/C=C1/N(CCCCCC(=O)O)c2ccc3c(S(=O)(=O)O)cc(S(=O)(=O)O)cc3c2C1(C)C)CCOCCOCCOCCOC. The van der Waals surface area contributed by atoms with Gasteiger partial charge in [0.15, 0.2) is 0 Å². The first-order valence-corrected chi connectivity index (χ1v) is 33.2. The normalized spacial score (nSPS) is 15.2. The monoisotopic (exact) mass is 1280 g/mol. The summed E-state index contributed by atoms with van der Waals surface area (Å²) in [6, 6.07) is 9.48. The van der Waals surface area contributed by atoms with E-state index in [2.05, 4.69) is 5.32 Å². The molecule has 0 amide bonds. The summed E-state index contributed by atoms with van der Waals surface area (Å²) in [5.74, 6) is -0.956. The van der Waals surface area contributed by atoms with Crippen LogP contribution in [0.3, 0.4) is 0 Å². The summed E-state index contributed by atoms with van der Waals surface area (Å²) in [5.41, 5.74) is 0.00317. The molecule has 1 unspecified atom stereocenters. The summed E-state index contributed by atoms with van der Waals surface area (Å²) in [7, 11) is -16.8. The first kappa shape index (κ1) is 71.0. The number of benzene rings is 4. The highest BCUT2D eigenvalue weighted by Gasteiger charge is 2.42. The molecule has 0 saturated heterocycles. The fourth-order valence-corrected chi connectivity index (χ4v) is 12.5. The molecule has 0 saturated carbocycles. The molecule has 0 aromatic heterocycles. The van der Waals surface area contributed by atoms with Crippen molar-refractivity contribution >= 4 is 79.4 Å². The molecule has 0 bridgehead atoms. The van der Waals surface area contributed by atoms with E-state index in [4.69, 9.17) is 42.6 Å². The van der Waals surface area contributed by atoms with Crippen molar-refractivity contribution in [2.75, 3.05) is 143 Å². The number of fused-ring (bicyclic) bond motifs is 4.